The average molecular weight is 284 g/mol. The summed E-state index contributed by atoms with van der Waals surface area (Å²) in [6.07, 6.45) is 11.3. The topological polar surface area (TPSA) is 17.1 Å². The second-order valence-corrected chi connectivity index (χ2v) is 7.09. The second-order valence-electron chi connectivity index (χ2n) is 7.09. The number of benzene rings is 1. The molecule has 0 radical (unpaired) electrons. The van der Waals surface area contributed by atoms with Crippen molar-refractivity contribution < 1.29 is 4.79 Å². The van der Waals surface area contributed by atoms with Crippen LogP contribution in [0.2, 0.25) is 0 Å². The average Bonchev–Trinajstić information content (AvgIpc) is 2.47. The summed E-state index contributed by atoms with van der Waals surface area (Å²) in [5, 5.41) is 0. The van der Waals surface area contributed by atoms with Gasteiger partial charge in [-0.1, -0.05) is 50.5 Å². The maximum absolute atomic E-state index is 12.9. The first-order chi connectivity index (χ1) is 10.3. The summed E-state index contributed by atoms with van der Waals surface area (Å²) in [6, 6.07) is 8.41. The molecule has 3 rings (SSSR count). The van der Waals surface area contributed by atoms with Gasteiger partial charge in [0.15, 0.2) is 5.78 Å². The molecule has 0 bridgehead atoms. The van der Waals surface area contributed by atoms with Gasteiger partial charge in [-0.25, -0.2) is 0 Å². The van der Waals surface area contributed by atoms with E-state index >= 15 is 0 Å². The third-order valence-electron chi connectivity index (χ3n) is 5.69. The maximum atomic E-state index is 12.9. The minimum absolute atomic E-state index is 0.291. The third kappa shape index (κ3) is 3.22. The molecule has 0 unspecified atom stereocenters. The van der Waals surface area contributed by atoms with Crippen molar-refractivity contribution in [3.63, 3.8) is 0 Å². The van der Waals surface area contributed by atoms with Gasteiger partial charge in [0.1, 0.15) is 0 Å². The van der Waals surface area contributed by atoms with Gasteiger partial charge in [-0.15, -0.1) is 0 Å². The molecule has 0 atom stereocenters. The van der Waals surface area contributed by atoms with E-state index in [0.717, 1.165) is 24.3 Å². The van der Waals surface area contributed by atoms with Gasteiger partial charge in [-0.2, -0.15) is 0 Å². The van der Waals surface area contributed by atoms with Crippen LogP contribution in [0.25, 0.3) is 0 Å². The Hall–Kier alpha value is -1.11. The molecule has 0 N–H and O–H groups in total. The Balaban J connectivity index is 1.68. The Kier molecular flexibility index (Phi) is 4.77. The van der Waals surface area contributed by atoms with Crippen LogP contribution in [-0.2, 0) is 0 Å². The van der Waals surface area contributed by atoms with Crippen LogP contribution in [0.1, 0.15) is 86.6 Å². The summed E-state index contributed by atoms with van der Waals surface area (Å²) in [7, 11) is 0. The molecule has 2 aliphatic rings. The lowest BCUT2D eigenvalue weighted by Gasteiger charge is -2.30. The van der Waals surface area contributed by atoms with E-state index in [1.807, 2.05) is 6.07 Å². The van der Waals surface area contributed by atoms with Crippen LogP contribution in [0.3, 0.4) is 0 Å². The monoisotopic (exact) mass is 284 g/mol. The molecule has 1 aromatic carbocycles. The van der Waals surface area contributed by atoms with Crippen LogP contribution in [-0.4, -0.2) is 5.78 Å². The zero-order valence-electron chi connectivity index (χ0n) is 13.3. The van der Waals surface area contributed by atoms with Crippen molar-refractivity contribution in [1.29, 1.82) is 0 Å². The Labute approximate surface area is 129 Å². The minimum Gasteiger partial charge on any atom is -0.294 e. The number of ketones is 1. The molecule has 1 aromatic rings. The Bertz CT molecular complexity index is 478. The predicted octanol–water partition coefficient (Wildman–Crippen LogP) is 5.74. The van der Waals surface area contributed by atoms with E-state index in [2.05, 4.69) is 25.1 Å². The zero-order valence-corrected chi connectivity index (χ0v) is 13.3. The summed E-state index contributed by atoms with van der Waals surface area (Å²) in [4.78, 5) is 12.9. The number of carbonyl (C=O) groups excluding carboxylic acids is 1. The van der Waals surface area contributed by atoms with Crippen molar-refractivity contribution in [2.24, 2.45) is 11.8 Å². The van der Waals surface area contributed by atoms with Gasteiger partial charge in [-0.3, -0.25) is 4.79 Å². The van der Waals surface area contributed by atoms with Gasteiger partial charge in [0, 0.05) is 11.5 Å². The largest absolute Gasteiger partial charge is 0.294 e. The van der Waals surface area contributed by atoms with E-state index < -0.39 is 0 Å². The Morgan fingerprint density at radius 3 is 2.38 bits per heavy atom. The van der Waals surface area contributed by atoms with Gasteiger partial charge in [0.2, 0.25) is 0 Å². The Morgan fingerprint density at radius 1 is 1.05 bits per heavy atom. The number of carbonyl (C=O) groups is 1. The molecule has 21 heavy (non-hydrogen) atoms. The van der Waals surface area contributed by atoms with Crippen molar-refractivity contribution >= 4 is 5.78 Å². The van der Waals surface area contributed by atoms with Crippen molar-refractivity contribution in [1.82, 2.24) is 0 Å². The van der Waals surface area contributed by atoms with E-state index in [-0.39, 0.29) is 0 Å². The molecule has 0 amide bonds. The lowest BCUT2D eigenvalue weighted by molar-refractivity contribution is 0.0867. The van der Waals surface area contributed by atoms with Crippen molar-refractivity contribution in [2.75, 3.05) is 0 Å². The standard InChI is InChI=1S/C20H28O/c1-2-6-15-11-13-17(14-12-15)20(21)19-10-4-3-9-18(19)16-7-5-8-16/h3-4,9-10,15-17H,2,5-8,11-14H2,1H3. The van der Waals surface area contributed by atoms with Crippen molar-refractivity contribution in [2.45, 2.75) is 70.6 Å². The van der Waals surface area contributed by atoms with Crippen LogP contribution >= 0.6 is 0 Å². The summed E-state index contributed by atoms with van der Waals surface area (Å²) in [5.74, 6) is 2.26. The molecule has 2 fully saturated rings. The van der Waals surface area contributed by atoms with E-state index in [1.165, 1.54) is 50.5 Å². The Morgan fingerprint density at radius 2 is 1.76 bits per heavy atom. The predicted molar refractivity (Wildman–Crippen MR) is 87.7 cm³/mol. The van der Waals surface area contributed by atoms with Gasteiger partial charge < -0.3 is 0 Å². The molecule has 114 valence electrons. The minimum atomic E-state index is 0.291. The van der Waals surface area contributed by atoms with Crippen LogP contribution in [0.5, 0.6) is 0 Å². The van der Waals surface area contributed by atoms with Crippen molar-refractivity contribution in [3.05, 3.63) is 35.4 Å². The SMILES string of the molecule is CCCC1CCC(C(=O)c2ccccc2C2CCC2)CC1. The number of rotatable bonds is 5. The van der Waals surface area contributed by atoms with Gasteiger partial charge in [-0.05, 0) is 55.9 Å². The van der Waals surface area contributed by atoms with E-state index in [9.17, 15) is 4.79 Å². The zero-order chi connectivity index (χ0) is 14.7. The van der Waals surface area contributed by atoms with Gasteiger partial charge in [0.25, 0.3) is 0 Å². The van der Waals surface area contributed by atoms with E-state index in [4.69, 9.17) is 0 Å². The highest BCUT2D eigenvalue weighted by atomic mass is 16.1. The van der Waals surface area contributed by atoms with E-state index in [0.29, 0.717) is 17.6 Å². The summed E-state index contributed by atoms with van der Waals surface area (Å²) in [6.45, 7) is 2.27. The third-order valence-corrected chi connectivity index (χ3v) is 5.69. The molecule has 0 heterocycles. The molecule has 0 aliphatic heterocycles. The number of Topliss-reactive ketones (excluding diaryl/α,β-unsaturated/α-hetero) is 1. The molecule has 0 spiro atoms. The summed E-state index contributed by atoms with van der Waals surface area (Å²) in [5.41, 5.74) is 2.38. The molecular formula is C20H28O. The number of hydrogen-bond acceptors (Lipinski definition) is 1. The fourth-order valence-electron chi connectivity index (χ4n) is 4.14. The summed E-state index contributed by atoms with van der Waals surface area (Å²) >= 11 is 0. The fraction of sp³-hybridized carbons (Fsp3) is 0.650. The van der Waals surface area contributed by atoms with E-state index in [1.54, 1.807) is 0 Å². The summed E-state index contributed by atoms with van der Waals surface area (Å²) < 4.78 is 0. The second kappa shape index (κ2) is 6.77. The maximum Gasteiger partial charge on any atom is 0.166 e. The van der Waals surface area contributed by atoms with Gasteiger partial charge >= 0.3 is 0 Å². The highest BCUT2D eigenvalue weighted by Gasteiger charge is 2.30. The van der Waals surface area contributed by atoms with Crippen molar-refractivity contribution in [3.8, 4) is 0 Å². The normalized spacial score (nSPS) is 26.3. The fourth-order valence-corrected chi connectivity index (χ4v) is 4.14. The molecule has 2 saturated carbocycles. The smallest absolute Gasteiger partial charge is 0.166 e. The first kappa shape index (κ1) is 14.8. The van der Waals surface area contributed by atoms with Crippen LogP contribution in [0, 0.1) is 11.8 Å². The van der Waals surface area contributed by atoms with Crippen LogP contribution in [0.4, 0.5) is 0 Å². The van der Waals surface area contributed by atoms with Crippen LogP contribution < -0.4 is 0 Å². The number of hydrogen-bond donors (Lipinski definition) is 0. The lowest BCUT2D eigenvalue weighted by Crippen LogP contribution is -2.24. The highest BCUT2D eigenvalue weighted by molar-refractivity contribution is 5.99. The first-order valence-corrected chi connectivity index (χ1v) is 8.92. The molecule has 2 aliphatic carbocycles. The molecule has 1 nitrogen and oxygen atoms in total. The van der Waals surface area contributed by atoms with Crippen LogP contribution in [0.15, 0.2) is 24.3 Å². The molecular weight excluding hydrogens is 256 g/mol. The highest BCUT2D eigenvalue weighted by Crippen LogP contribution is 2.40. The van der Waals surface area contributed by atoms with Gasteiger partial charge in [0.05, 0.1) is 0 Å². The quantitative estimate of drug-likeness (QED) is 0.630. The first-order valence-electron chi connectivity index (χ1n) is 8.92. The molecule has 1 heteroatoms. The molecule has 0 saturated heterocycles. The lowest BCUT2D eigenvalue weighted by atomic mass is 9.73. The molecule has 0 aromatic heterocycles.